The largest absolute Gasteiger partial charge is 0.368 e. The topological polar surface area (TPSA) is 86.7 Å². The maximum Gasteiger partial charge on any atom is 0.272 e. The molecule has 0 saturated carbocycles. The standard InChI is InChI=1S/C21H23N5O2S/c1-4-17(29)23-13(2)20(27)25-19-21(28)26(3)16-11-6-5-9-14(16)18(24-19)15-10-7-8-12-22-15/h5-13,19H,4H2,1-3H3,(H,23,29)(H,25,27)/t13-,19?/m0/s1. The van der Waals surface area contributed by atoms with Crippen LogP contribution in [-0.4, -0.2) is 46.8 Å². The van der Waals surface area contributed by atoms with Crippen LogP contribution in [-0.2, 0) is 9.59 Å². The highest BCUT2D eigenvalue weighted by molar-refractivity contribution is 7.80. The summed E-state index contributed by atoms with van der Waals surface area (Å²) in [4.78, 5) is 36.8. The van der Waals surface area contributed by atoms with Gasteiger partial charge in [0, 0.05) is 18.8 Å². The van der Waals surface area contributed by atoms with Gasteiger partial charge in [0.2, 0.25) is 12.1 Å². The molecule has 1 unspecified atom stereocenters. The second-order valence-electron chi connectivity index (χ2n) is 6.66. The van der Waals surface area contributed by atoms with Gasteiger partial charge < -0.3 is 15.5 Å². The summed E-state index contributed by atoms with van der Waals surface area (Å²) >= 11 is 5.15. The molecule has 2 aromatic rings. The summed E-state index contributed by atoms with van der Waals surface area (Å²) in [6.07, 6.45) is 1.23. The Hall–Kier alpha value is -3.13. The molecule has 0 radical (unpaired) electrons. The Morgan fingerprint density at radius 2 is 1.97 bits per heavy atom. The lowest BCUT2D eigenvalue weighted by Crippen LogP contribution is -2.52. The van der Waals surface area contributed by atoms with Crippen molar-refractivity contribution in [2.45, 2.75) is 32.5 Å². The van der Waals surface area contributed by atoms with Gasteiger partial charge in [0.25, 0.3) is 5.91 Å². The number of nitrogens with one attached hydrogen (secondary N) is 2. The van der Waals surface area contributed by atoms with Crippen LogP contribution in [0.3, 0.4) is 0 Å². The summed E-state index contributed by atoms with van der Waals surface area (Å²) in [6.45, 7) is 3.60. The van der Waals surface area contributed by atoms with Gasteiger partial charge in [-0.3, -0.25) is 14.6 Å². The lowest BCUT2D eigenvalue weighted by Gasteiger charge is -2.22. The van der Waals surface area contributed by atoms with Crippen molar-refractivity contribution in [1.82, 2.24) is 15.6 Å². The van der Waals surface area contributed by atoms with Crippen LogP contribution < -0.4 is 15.5 Å². The van der Waals surface area contributed by atoms with Crippen LogP contribution in [0.1, 0.15) is 31.5 Å². The predicted octanol–water partition coefficient (Wildman–Crippen LogP) is 2.05. The highest BCUT2D eigenvalue weighted by Crippen LogP contribution is 2.26. The Labute approximate surface area is 175 Å². The molecule has 0 spiro atoms. The zero-order valence-electron chi connectivity index (χ0n) is 16.5. The van der Waals surface area contributed by atoms with E-state index in [4.69, 9.17) is 12.2 Å². The van der Waals surface area contributed by atoms with E-state index in [1.807, 2.05) is 49.4 Å². The number of hydrogen-bond acceptors (Lipinski definition) is 5. The molecule has 2 N–H and O–H groups in total. The lowest BCUT2D eigenvalue weighted by atomic mass is 10.0. The van der Waals surface area contributed by atoms with Crippen molar-refractivity contribution in [2.75, 3.05) is 11.9 Å². The molecule has 1 aliphatic heterocycles. The second-order valence-corrected chi connectivity index (χ2v) is 7.15. The zero-order chi connectivity index (χ0) is 21.0. The van der Waals surface area contributed by atoms with Crippen LogP contribution in [0.4, 0.5) is 5.69 Å². The molecule has 150 valence electrons. The fourth-order valence-corrected chi connectivity index (χ4v) is 3.17. The molecule has 3 rings (SSSR count). The average Bonchev–Trinajstić information content (AvgIpc) is 2.85. The Kier molecular flexibility index (Phi) is 6.33. The highest BCUT2D eigenvalue weighted by atomic mass is 32.1. The van der Waals surface area contributed by atoms with Gasteiger partial charge in [0.1, 0.15) is 6.04 Å². The van der Waals surface area contributed by atoms with Gasteiger partial charge >= 0.3 is 0 Å². The number of benzene rings is 1. The summed E-state index contributed by atoms with van der Waals surface area (Å²) in [5.41, 5.74) is 2.66. The molecule has 7 nitrogen and oxygen atoms in total. The maximum atomic E-state index is 13.1. The molecule has 0 fully saturated rings. The molecule has 1 aromatic carbocycles. The number of aliphatic imine (C=N–C) groups is 1. The van der Waals surface area contributed by atoms with E-state index in [9.17, 15) is 9.59 Å². The van der Waals surface area contributed by atoms with Gasteiger partial charge in [-0.05, 0) is 31.5 Å². The van der Waals surface area contributed by atoms with E-state index in [0.29, 0.717) is 28.5 Å². The number of fused-ring (bicyclic) bond motifs is 1. The number of carbonyl (C=O) groups excluding carboxylic acids is 2. The van der Waals surface area contributed by atoms with E-state index in [1.165, 1.54) is 4.90 Å². The number of benzodiazepines with no additional fused rings is 1. The van der Waals surface area contributed by atoms with Crippen molar-refractivity contribution in [3.63, 3.8) is 0 Å². The van der Waals surface area contributed by atoms with E-state index >= 15 is 0 Å². The second kappa shape index (κ2) is 8.91. The minimum Gasteiger partial charge on any atom is -0.368 e. The van der Waals surface area contributed by atoms with E-state index in [1.54, 1.807) is 20.2 Å². The number of nitrogens with zero attached hydrogens (tertiary/aromatic N) is 3. The van der Waals surface area contributed by atoms with E-state index in [2.05, 4.69) is 20.6 Å². The molecule has 0 bridgehead atoms. The van der Waals surface area contributed by atoms with Gasteiger partial charge in [-0.15, -0.1) is 0 Å². The monoisotopic (exact) mass is 409 g/mol. The van der Waals surface area contributed by atoms with Crippen LogP contribution >= 0.6 is 12.2 Å². The summed E-state index contributed by atoms with van der Waals surface area (Å²) in [5.74, 6) is -0.690. The maximum absolute atomic E-state index is 13.1. The third-order valence-electron chi connectivity index (χ3n) is 4.62. The van der Waals surface area contributed by atoms with Gasteiger partial charge in [-0.2, -0.15) is 0 Å². The fourth-order valence-electron chi connectivity index (χ4n) is 2.99. The van der Waals surface area contributed by atoms with Crippen molar-refractivity contribution in [1.29, 1.82) is 0 Å². The Morgan fingerprint density at radius 1 is 1.24 bits per heavy atom. The minimum atomic E-state index is -1.07. The van der Waals surface area contributed by atoms with Gasteiger partial charge in [0.05, 0.1) is 22.1 Å². The molecular formula is C21H23N5O2S. The first-order valence-electron chi connectivity index (χ1n) is 9.38. The molecular weight excluding hydrogens is 386 g/mol. The molecule has 8 heteroatoms. The lowest BCUT2D eigenvalue weighted by molar-refractivity contribution is -0.128. The Bertz CT molecular complexity index is 961. The van der Waals surface area contributed by atoms with Crippen molar-refractivity contribution < 1.29 is 9.59 Å². The molecule has 29 heavy (non-hydrogen) atoms. The first kappa shape index (κ1) is 20.6. The number of carbonyl (C=O) groups is 2. The molecule has 0 aliphatic carbocycles. The number of pyridine rings is 1. The number of amides is 2. The number of aromatic nitrogens is 1. The van der Waals surface area contributed by atoms with Crippen LogP contribution in [0.2, 0.25) is 0 Å². The number of anilines is 1. The number of rotatable bonds is 5. The summed E-state index contributed by atoms with van der Waals surface area (Å²) in [6, 6.07) is 12.4. The van der Waals surface area contributed by atoms with Crippen LogP contribution in [0, 0.1) is 0 Å². The third-order valence-corrected chi connectivity index (χ3v) is 5.03. The molecule has 1 aromatic heterocycles. The highest BCUT2D eigenvalue weighted by Gasteiger charge is 2.32. The fraction of sp³-hybridized carbons (Fsp3) is 0.286. The van der Waals surface area contributed by atoms with Crippen LogP contribution in [0.25, 0.3) is 0 Å². The van der Waals surface area contributed by atoms with Crippen LogP contribution in [0.5, 0.6) is 0 Å². The number of para-hydroxylation sites is 1. The SMILES string of the molecule is CCC(=S)N[C@@H](C)C(=O)NC1N=C(c2ccccn2)c2ccccc2N(C)C1=O. The van der Waals surface area contributed by atoms with Crippen molar-refractivity contribution in [3.05, 3.63) is 59.9 Å². The van der Waals surface area contributed by atoms with Gasteiger partial charge in [0.15, 0.2) is 0 Å². The van der Waals surface area contributed by atoms with Crippen molar-refractivity contribution in [2.24, 2.45) is 4.99 Å². The minimum absolute atomic E-state index is 0.331. The van der Waals surface area contributed by atoms with Gasteiger partial charge in [-0.25, -0.2) is 4.99 Å². The quantitative estimate of drug-likeness (QED) is 0.738. The van der Waals surface area contributed by atoms with Crippen molar-refractivity contribution >= 4 is 40.4 Å². The summed E-state index contributed by atoms with van der Waals surface area (Å²) < 4.78 is 0. The number of thiocarbonyl (C=S) groups is 1. The van der Waals surface area contributed by atoms with Crippen LogP contribution in [0.15, 0.2) is 53.7 Å². The first-order chi connectivity index (χ1) is 13.9. The molecule has 2 heterocycles. The normalized spacial score (nSPS) is 16.9. The molecule has 2 atom stereocenters. The Morgan fingerprint density at radius 3 is 2.66 bits per heavy atom. The predicted molar refractivity (Wildman–Crippen MR) is 117 cm³/mol. The van der Waals surface area contributed by atoms with E-state index in [-0.39, 0.29) is 11.8 Å². The summed E-state index contributed by atoms with van der Waals surface area (Å²) in [7, 11) is 1.67. The Balaban J connectivity index is 1.98. The van der Waals surface area contributed by atoms with E-state index < -0.39 is 12.2 Å². The van der Waals surface area contributed by atoms with E-state index in [0.717, 1.165) is 5.56 Å². The number of hydrogen-bond donors (Lipinski definition) is 2. The van der Waals surface area contributed by atoms with Crippen molar-refractivity contribution in [3.8, 4) is 0 Å². The van der Waals surface area contributed by atoms with Gasteiger partial charge in [-0.1, -0.05) is 43.4 Å². The summed E-state index contributed by atoms with van der Waals surface area (Å²) in [5, 5.41) is 5.69. The number of likely N-dealkylation sites (N-methyl/N-ethyl adjacent to an activating group) is 1. The zero-order valence-corrected chi connectivity index (χ0v) is 17.4. The molecule has 0 saturated heterocycles. The molecule has 2 amide bonds. The molecule has 1 aliphatic rings. The smallest absolute Gasteiger partial charge is 0.272 e. The third kappa shape index (κ3) is 4.48. The first-order valence-corrected chi connectivity index (χ1v) is 9.79. The average molecular weight is 410 g/mol.